The Balaban J connectivity index is 2.48. The second-order valence-electron chi connectivity index (χ2n) is 3.11. The third-order valence-electron chi connectivity index (χ3n) is 1.96. The molecule has 0 saturated carbocycles. The van der Waals surface area contributed by atoms with Crippen molar-refractivity contribution in [2.45, 2.75) is 6.92 Å². The largest absolute Gasteiger partial charge is 0.481 e. The van der Waals surface area contributed by atoms with E-state index in [1.54, 1.807) is 7.11 Å². The molecule has 2 aromatic heterocycles. The fraction of sp³-hybridized carbons (Fsp3) is 0.200. The van der Waals surface area contributed by atoms with Gasteiger partial charge in [-0.25, -0.2) is 9.97 Å². The Hall–Kier alpha value is -1.62. The van der Waals surface area contributed by atoms with E-state index in [4.69, 9.17) is 10.5 Å². The topological polar surface area (TPSA) is 61.0 Å². The summed E-state index contributed by atoms with van der Waals surface area (Å²) in [7, 11) is 1.60. The number of nitrogen functional groups attached to an aromatic ring is 1. The van der Waals surface area contributed by atoms with Crippen molar-refractivity contribution in [2.75, 3.05) is 12.8 Å². The molecule has 15 heavy (non-hydrogen) atoms. The normalized spacial score (nSPS) is 10.3. The Morgan fingerprint density at radius 1 is 1.33 bits per heavy atom. The number of anilines is 1. The predicted octanol–water partition coefficient (Wildman–Crippen LogP) is 2.10. The summed E-state index contributed by atoms with van der Waals surface area (Å²) in [5, 5.41) is 2.49. The van der Waals surface area contributed by atoms with Crippen LogP contribution in [0.1, 0.15) is 5.69 Å². The van der Waals surface area contributed by atoms with Crippen LogP contribution >= 0.6 is 11.3 Å². The first-order valence-corrected chi connectivity index (χ1v) is 5.31. The van der Waals surface area contributed by atoms with E-state index in [2.05, 4.69) is 9.97 Å². The molecule has 0 atom stereocenters. The van der Waals surface area contributed by atoms with Crippen LogP contribution in [0.15, 0.2) is 17.5 Å². The number of nitrogens with zero attached hydrogens (tertiary/aromatic N) is 2. The van der Waals surface area contributed by atoms with Crippen molar-refractivity contribution in [1.82, 2.24) is 9.97 Å². The zero-order valence-corrected chi connectivity index (χ0v) is 9.34. The van der Waals surface area contributed by atoms with Gasteiger partial charge in [-0.3, -0.25) is 0 Å². The van der Waals surface area contributed by atoms with Gasteiger partial charge in [0.1, 0.15) is 0 Å². The van der Waals surface area contributed by atoms with Crippen LogP contribution in [0, 0.1) is 6.92 Å². The van der Waals surface area contributed by atoms with Gasteiger partial charge in [-0.2, -0.15) is 0 Å². The minimum absolute atomic E-state index is 0.568. The molecule has 5 heteroatoms. The van der Waals surface area contributed by atoms with E-state index in [-0.39, 0.29) is 0 Å². The summed E-state index contributed by atoms with van der Waals surface area (Å²) in [4.78, 5) is 8.42. The number of aryl methyl sites for hydroxylation is 1. The lowest BCUT2D eigenvalue weighted by molar-refractivity contribution is 0.397. The van der Waals surface area contributed by atoms with Crippen LogP contribution in [0.4, 0.5) is 5.13 Å². The van der Waals surface area contributed by atoms with Crippen molar-refractivity contribution in [3.63, 3.8) is 0 Å². The fourth-order valence-electron chi connectivity index (χ4n) is 1.31. The van der Waals surface area contributed by atoms with Crippen LogP contribution < -0.4 is 10.5 Å². The number of hydrogen-bond donors (Lipinski definition) is 1. The maximum Gasteiger partial charge on any atom is 0.213 e. The Kier molecular flexibility index (Phi) is 2.55. The Labute approximate surface area is 91.8 Å². The molecule has 0 unspecified atom stereocenters. The summed E-state index contributed by atoms with van der Waals surface area (Å²) in [6.07, 6.45) is 0. The molecule has 0 radical (unpaired) electrons. The molecule has 0 saturated heterocycles. The van der Waals surface area contributed by atoms with E-state index >= 15 is 0 Å². The summed E-state index contributed by atoms with van der Waals surface area (Å²) in [6, 6.07) is 3.80. The van der Waals surface area contributed by atoms with E-state index in [0.717, 1.165) is 17.0 Å². The highest BCUT2D eigenvalue weighted by atomic mass is 32.1. The average Bonchev–Trinajstić information content (AvgIpc) is 2.64. The molecule has 0 aliphatic rings. The van der Waals surface area contributed by atoms with Gasteiger partial charge in [-0.05, 0) is 13.0 Å². The van der Waals surface area contributed by atoms with E-state index in [1.165, 1.54) is 11.3 Å². The molecule has 0 bridgehead atoms. The number of pyridine rings is 1. The maximum atomic E-state index is 5.59. The van der Waals surface area contributed by atoms with Crippen molar-refractivity contribution in [3.05, 3.63) is 23.2 Å². The molecule has 2 rings (SSSR count). The molecule has 2 heterocycles. The number of methoxy groups -OCH3 is 1. The minimum Gasteiger partial charge on any atom is -0.481 e. The van der Waals surface area contributed by atoms with Gasteiger partial charge >= 0.3 is 0 Å². The van der Waals surface area contributed by atoms with Gasteiger partial charge < -0.3 is 10.5 Å². The van der Waals surface area contributed by atoms with Gasteiger partial charge in [0.15, 0.2) is 5.13 Å². The van der Waals surface area contributed by atoms with Crippen LogP contribution in [0.2, 0.25) is 0 Å². The molecule has 2 N–H and O–H groups in total. The monoisotopic (exact) mass is 221 g/mol. The highest BCUT2D eigenvalue weighted by Gasteiger charge is 2.05. The van der Waals surface area contributed by atoms with Crippen LogP contribution in [0.25, 0.3) is 11.3 Å². The highest BCUT2D eigenvalue weighted by Crippen LogP contribution is 2.25. The lowest BCUT2D eigenvalue weighted by Gasteiger charge is -2.03. The van der Waals surface area contributed by atoms with Gasteiger partial charge in [-0.15, -0.1) is 11.3 Å². The van der Waals surface area contributed by atoms with E-state index in [1.807, 2.05) is 24.4 Å². The molecular weight excluding hydrogens is 210 g/mol. The van der Waals surface area contributed by atoms with Gasteiger partial charge in [0.05, 0.1) is 12.8 Å². The summed E-state index contributed by atoms with van der Waals surface area (Å²) in [5.41, 5.74) is 8.33. The number of rotatable bonds is 2. The fourth-order valence-corrected chi connectivity index (χ4v) is 1.88. The Bertz CT molecular complexity index is 481. The highest BCUT2D eigenvalue weighted by molar-refractivity contribution is 7.13. The second kappa shape index (κ2) is 3.86. The van der Waals surface area contributed by atoms with Crippen LogP contribution in [0.3, 0.4) is 0 Å². The predicted molar refractivity (Wildman–Crippen MR) is 61.0 cm³/mol. The molecule has 0 aromatic carbocycles. The van der Waals surface area contributed by atoms with Gasteiger partial charge in [0.25, 0.3) is 0 Å². The van der Waals surface area contributed by atoms with Crippen molar-refractivity contribution < 1.29 is 4.74 Å². The smallest absolute Gasteiger partial charge is 0.213 e. The number of nitrogens with two attached hydrogens (primary N) is 1. The third-order valence-corrected chi connectivity index (χ3v) is 2.63. The van der Waals surface area contributed by atoms with E-state index < -0.39 is 0 Å². The zero-order chi connectivity index (χ0) is 10.8. The lowest BCUT2D eigenvalue weighted by atomic mass is 10.2. The SMILES string of the molecule is COc1cc(-c2csc(N)n2)cc(C)n1. The second-order valence-corrected chi connectivity index (χ2v) is 4.00. The third kappa shape index (κ3) is 2.07. The van der Waals surface area contributed by atoms with Crippen molar-refractivity contribution in [1.29, 1.82) is 0 Å². The average molecular weight is 221 g/mol. The first-order chi connectivity index (χ1) is 7.19. The lowest BCUT2D eigenvalue weighted by Crippen LogP contribution is -1.91. The van der Waals surface area contributed by atoms with Gasteiger partial charge in [0.2, 0.25) is 5.88 Å². The quantitative estimate of drug-likeness (QED) is 0.843. The molecule has 0 fully saturated rings. The number of thiazole rings is 1. The Morgan fingerprint density at radius 2 is 2.13 bits per heavy atom. The van der Waals surface area contributed by atoms with Crippen LogP contribution in [-0.4, -0.2) is 17.1 Å². The standard InChI is InChI=1S/C10H11N3OS/c1-6-3-7(4-9(12-6)14-2)8-5-15-10(11)13-8/h3-5H,1-2H3,(H2,11,13). The zero-order valence-electron chi connectivity index (χ0n) is 8.52. The van der Waals surface area contributed by atoms with Crippen LogP contribution in [-0.2, 0) is 0 Å². The molecule has 0 spiro atoms. The first kappa shape index (κ1) is 9.92. The van der Waals surface area contributed by atoms with Crippen LogP contribution in [0.5, 0.6) is 5.88 Å². The van der Waals surface area contributed by atoms with Crippen molar-refractivity contribution in [2.24, 2.45) is 0 Å². The molecular formula is C10H11N3OS. The van der Waals surface area contributed by atoms with Gasteiger partial charge in [-0.1, -0.05) is 0 Å². The first-order valence-electron chi connectivity index (χ1n) is 4.43. The maximum absolute atomic E-state index is 5.59. The molecule has 0 amide bonds. The molecule has 2 aromatic rings. The summed E-state index contributed by atoms with van der Waals surface area (Å²) < 4.78 is 5.10. The summed E-state index contributed by atoms with van der Waals surface area (Å²) >= 11 is 1.42. The van der Waals surface area contributed by atoms with Crippen molar-refractivity contribution >= 4 is 16.5 Å². The van der Waals surface area contributed by atoms with Crippen molar-refractivity contribution in [3.8, 4) is 17.1 Å². The molecule has 78 valence electrons. The molecule has 4 nitrogen and oxygen atoms in total. The summed E-state index contributed by atoms with van der Waals surface area (Å²) in [6.45, 7) is 1.92. The Morgan fingerprint density at radius 3 is 2.73 bits per heavy atom. The van der Waals surface area contributed by atoms with E-state index in [9.17, 15) is 0 Å². The number of aromatic nitrogens is 2. The summed E-state index contributed by atoms with van der Waals surface area (Å²) in [5.74, 6) is 0.594. The van der Waals surface area contributed by atoms with E-state index in [0.29, 0.717) is 11.0 Å². The molecule has 0 aliphatic heterocycles. The van der Waals surface area contributed by atoms with Gasteiger partial charge in [0, 0.05) is 22.7 Å². The number of ether oxygens (including phenoxy) is 1. The number of hydrogen-bond acceptors (Lipinski definition) is 5. The minimum atomic E-state index is 0.568. The molecule has 0 aliphatic carbocycles.